The van der Waals surface area contributed by atoms with Gasteiger partial charge in [-0.15, -0.1) is 0 Å². The summed E-state index contributed by atoms with van der Waals surface area (Å²) in [5.74, 6) is -0.0322. The first-order valence-electron chi connectivity index (χ1n) is 8.03. The Morgan fingerprint density at radius 3 is 2.71 bits per heavy atom. The lowest BCUT2D eigenvalue weighted by atomic mass is 10.0. The second kappa shape index (κ2) is 6.81. The predicted octanol–water partition coefficient (Wildman–Crippen LogP) is 1.16. The Bertz CT molecular complexity index is 566. The lowest BCUT2D eigenvalue weighted by Gasteiger charge is -2.34. The first kappa shape index (κ1) is 17.4. The topological polar surface area (TPSA) is 61.7 Å². The van der Waals surface area contributed by atoms with E-state index in [1.165, 1.54) is 0 Å². The fourth-order valence-corrected chi connectivity index (χ4v) is 3.20. The number of nitrogens with zero attached hydrogens (tertiary/aromatic N) is 4. The molecule has 1 N–H and O–H groups in total. The molecular weight excluding hydrogens is 325 g/mol. The number of hydrogen-bond donors (Lipinski definition) is 1. The van der Waals surface area contributed by atoms with Crippen molar-refractivity contribution in [2.24, 2.45) is 0 Å². The van der Waals surface area contributed by atoms with Crippen molar-refractivity contribution >= 4 is 5.95 Å². The van der Waals surface area contributed by atoms with Crippen LogP contribution in [0.25, 0.3) is 0 Å². The van der Waals surface area contributed by atoms with Crippen LogP contribution in [-0.4, -0.2) is 71.5 Å². The van der Waals surface area contributed by atoms with Crippen molar-refractivity contribution in [1.82, 2.24) is 14.9 Å². The highest BCUT2D eigenvalue weighted by atomic mass is 19.4. The zero-order valence-electron chi connectivity index (χ0n) is 13.3. The van der Waals surface area contributed by atoms with Gasteiger partial charge in [-0.1, -0.05) is 0 Å². The second-order valence-electron chi connectivity index (χ2n) is 6.42. The van der Waals surface area contributed by atoms with E-state index in [1.807, 2.05) is 0 Å². The number of β-amino-alcohol motifs (C(OH)–C–C–N with tert-alkyl or cyclic N) is 1. The monoisotopic (exact) mass is 346 g/mol. The molecule has 2 aliphatic rings. The van der Waals surface area contributed by atoms with Crippen LogP contribution in [0.3, 0.4) is 0 Å². The number of hydrogen-bond acceptors (Lipinski definition) is 6. The van der Waals surface area contributed by atoms with Crippen LogP contribution in [0.2, 0.25) is 0 Å². The van der Waals surface area contributed by atoms with Gasteiger partial charge in [0.2, 0.25) is 5.95 Å². The van der Waals surface area contributed by atoms with Crippen molar-refractivity contribution in [2.45, 2.75) is 24.6 Å². The van der Waals surface area contributed by atoms with Gasteiger partial charge in [0.05, 0.1) is 19.8 Å². The van der Waals surface area contributed by atoms with Crippen LogP contribution in [0.4, 0.5) is 19.1 Å². The van der Waals surface area contributed by atoms with Crippen LogP contribution in [0, 0.1) is 0 Å². The van der Waals surface area contributed by atoms with Gasteiger partial charge in [-0.25, -0.2) is 9.97 Å². The number of likely N-dealkylation sites (tertiary alicyclic amines) is 1. The number of aromatic nitrogens is 2. The Hall–Kier alpha value is -1.45. The summed E-state index contributed by atoms with van der Waals surface area (Å²) in [5, 5.41) is 10.9. The van der Waals surface area contributed by atoms with Crippen molar-refractivity contribution in [3.8, 4) is 0 Å². The molecule has 2 aliphatic heterocycles. The van der Waals surface area contributed by atoms with Gasteiger partial charge >= 0.3 is 6.18 Å². The summed E-state index contributed by atoms with van der Waals surface area (Å²) < 4.78 is 44.0. The lowest BCUT2D eigenvalue weighted by Crippen LogP contribution is -2.52. The maximum absolute atomic E-state index is 12.8. The molecule has 0 aromatic carbocycles. The van der Waals surface area contributed by atoms with E-state index in [4.69, 9.17) is 4.74 Å². The highest BCUT2D eigenvalue weighted by Gasteiger charge is 2.37. The SMILES string of the molecule is O[C@@]1(CN2CCCC2)COCCN(c2nccc(C(F)(F)F)n2)C1. The van der Waals surface area contributed by atoms with Crippen LogP contribution >= 0.6 is 0 Å². The Kier molecular flexibility index (Phi) is 4.93. The Labute approximate surface area is 138 Å². The fourth-order valence-electron chi connectivity index (χ4n) is 3.20. The summed E-state index contributed by atoms with van der Waals surface area (Å²) in [7, 11) is 0. The molecule has 134 valence electrons. The molecule has 2 saturated heterocycles. The van der Waals surface area contributed by atoms with E-state index >= 15 is 0 Å². The van der Waals surface area contributed by atoms with Crippen LogP contribution in [-0.2, 0) is 10.9 Å². The van der Waals surface area contributed by atoms with Crippen molar-refractivity contribution in [1.29, 1.82) is 0 Å². The number of rotatable bonds is 3. The largest absolute Gasteiger partial charge is 0.433 e. The van der Waals surface area contributed by atoms with E-state index in [1.54, 1.807) is 4.90 Å². The van der Waals surface area contributed by atoms with E-state index < -0.39 is 17.5 Å². The number of anilines is 1. The van der Waals surface area contributed by atoms with Gasteiger partial charge < -0.3 is 19.6 Å². The molecule has 0 aliphatic carbocycles. The van der Waals surface area contributed by atoms with Crippen LogP contribution in [0.15, 0.2) is 12.3 Å². The van der Waals surface area contributed by atoms with Crippen molar-refractivity contribution in [2.75, 3.05) is 50.8 Å². The highest BCUT2D eigenvalue weighted by molar-refractivity contribution is 5.32. The van der Waals surface area contributed by atoms with Crippen molar-refractivity contribution in [3.63, 3.8) is 0 Å². The molecule has 0 spiro atoms. The smallest absolute Gasteiger partial charge is 0.384 e. The van der Waals surface area contributed by atoms with Gasteiger partial charge in [0.25, 0.3) is 0 Å². The molecule has 3 heterocycles. The van der Waals surface area contributed by atoms with Gasteiger partial charge in [0.15, 0.2) is 0 Å². The predicted molar refractivity (Wildman–Crippen MR) is 80.7 cm³/mol. The maximum atomic E-state index is 12.8. The van der Waals surface area contributed by atoms with E-state index in [0.29, 0.717) is 19.7 Å². The molecule has 1 aromatic heterocycles. The van der Waals surface area contributed by atoms with Gasteiger partial charge in [-0.2, -0.15) is 13.2 Å². The zero-order valence-corrected chi connectivity index (χ0v) is 13.3. The minimum atomic E-state index is -4.52. The molecule has 1 atom stereocenters. The Morgan fingerprint density at radius 1 is 1.25 bits per heavy atom. The minimum Gasteiger partial charge on any atom is -0.384 e. The summed E-state index contributed by atoms with van der Waals surface area (Å²) in [4.78, 5) is 11.3. The van der Waals surface area contributed by atoms with E-state index in [2.05, 4.69) is 14.9 Å². The maximum Gasteiger partial charge on any atom is 0.433 e. The third kappa shape index (κ3) is 4.14. The molecule has 0 bridgehead atoms. The summed E-state index contributed by atoms with van der Waals surface area (Å²) in [6.45, 7) is 3.21. The molecule has 0 radical (unpaired) electrons. The molecule has 3 rings (SSSR count). The second-order valence-corrected chi connectivity index (χ2v) is 6.42. The molecule has 2 fully saturated rings. The van der Waals surface area contributed by atoms with Gasteiger partial charge in [0, 0.05) is 19.3 Å². The minimum absolute atomic E-state index is 0.0322. The van der Waals surface area contributed by atoms with Crippen LogP contribution in [0.5, 0.6) is 0 Å². The molecule has 6 nitrogen and oxygen atoms in total. The van der Waals surface area contributed by atoms with Gasteiger partial charge in [0.1, 0.15) is 11.3 Å². The van der Waals surface area contributed by atoms with Crippen molar-refractivity contribution < 1.29 is 23.0 Å². The molecule has 1 aromatic rings. The quantitative estimate of drug-likeness (QED) is 0.886. The molecular formula is C15H21F3N4O2. The number of ether oxygens (including phenoxy) is 1. The average Bonchev–Trinajstić information content (AvgIpc) is 2.94. The molecule has 24 heavy (non-hydrogen) atoms. The highest BCUT2D eigenvalue weighted by Crippen LogP contribution is 2.28. The first-order valence-corrected chi connectivity index (χ1v) is 8.03. The summed E-state index contributed by atoms with van der Waals surface area (Å²) >= 11 is 0. The lowest BCUT2D eigenvalue weighted by molar-refractivity contribution is -0.141. The molecule has 0 amide bonds. The fraction of sp³-hybridized carbons (Fsp3) is 0.733. The third-order valence-electron chi connectivity index (χ3n) is 4.29. The van der Waals surface area contributed by atoms with Crippen LogP contribution in [0.1, 0.15) is 18.5 Å². The molecule has 0 unspecified atom stereocenters. The van der Waals surface area contributed by atoms with Gasteiger partial charge in [-0.3, -0.25) is 0 Å². The first-order chi connectivity index (χ1) is 11.4. The molecule has 0 saturated carbocycles. The number of alkyl halides is 3. The zero-order chi connectivity index (χ0) is 17.2. The summed E-state index contributed by atoms with van der Waals surface area (Å²) in [5.41, 5.74) is -2.14. The Balaban J connectivity index is 1.77. The molecule has 9 heteroatoms. The van der Waals surface area contributed by atoms with Gasteiger partial charge in [-0.05, 0) is 32.0 Å². The number of halogens is 3. The van der Waals surface area contributed by atoms with Crippen molar-refractivity contribution in [3.05, 3.63) is 18.0 Å². The van der Waals surface area contributed by atoms with E-state index in [0.717, 1.165) is 38.2 Å². The normalized spacial score (nSPS) is 26.6. The van der Waals surface area contributed by atoms with Crippen LogP contribution < -0.4 is 4.90 Å². The van der Waals surface area contributed by atoms with E-state index in [9.17, 15) is 18.3 Å². The summed E-state index contributed by atoms with van der Waals surface area (Å²) in [6, 6.07) is 0.842. The Morgan fingerprint density at radius 2 is 2.00 bits per heavy atom. The average molecular weight is 346 g/mol. The number of aliphatic hydroxyl groups is 1. The summed E-state index contributed by atoms with van der Waals surface area (Å²) in [6.07, 6.45) is -1.24. The third-order valence-corrected chi connectivity index (χ3v) is 4.29. The standard InChI is InChI=1S/C15H21F3N4O2/c16-15(17,18)12-3-4-19-13(20-12)22-7-8-24-11-14(23,10-22)9-21-5-1-2-6-21/h3-4,23H,1-2,5-11H2/t14-/m1/s1. The van der Waals surface area contributed by atoms with E-state index in [-0.39, 0.29) is 19.1 Å².